The predicted octanol–water partition coefficient (Wildman–Crippen LogP) is 2.96. The summed E-state index contributed by atoms with van der Waals surface area (Å²) in [4.78, 5) is 18.0. The van der Waals surface area contributed by atoms with Crippen LogP contribution in [0.2, 0.25) is 0 Å². The Hall–Kier alpha value is -2.94. The molecule has 0 spiro atoms. The van der Waals surface area contributed by atoms with Crippen molar-refractivity contribution in [3.05, 3.63) is 47.7 Å². The summed E-state index contributed by atoms with van der Waals surface area (Å²) in [5.74, 6) is 3.20. The van der Waals surface area contributed by atoms with E-state index in [0.717, 1.165) is 60.8 Å². The molecular weight excluding hydrogens is 398 g/mol. The first-order chi connectivity index (χ1) is 14.7. The van der Waals surface area contributed by atoms with Crippen LogP contribution in [0, 0.1) is 6.92 Å². The molecular formula is C21H27N7OS. The molecule has 1 aliphatic heterocycles. The maximum absolute atomic E-state index is 5.91. The third-order valence-electron chi connectivity index (χ3n) is 5.12. The van der Waals surface area contributed by atoms with E-state index < -0.39 is 0 Å². The Morgan fingerprint density at radius 2 is 1.97 bits per heavy atom. The number of nitrogens with one attached hydrogen (secondary N) is 1. The number of nitrogens with zero attached hydrogens (tertiary/aromatic N) is 6. The van der Waals surface area contributed by atoms with Crippen LogP contribution in [-0.4, -0.2) is 58.4 Å². The highest BCUT2D eigenvalue weighted by Crippen LogP contribution is 2.21. The Bertz CT molecular complexity index is 987. The lowest BCUT2D eigenvalue weighted by Crippen LogP contribution is -2.52. The molecule has 9 heteroatoms. The molecule has 3 aromatic rings. The Kier molecular flexibility index (Phi) is 6.27. The first-order valence-electron chi connectivity index (χ1n) is 10.2. The van der Waals surface area contributed by atoms with Crippen molar-refractivity contribution in [2.75, 3.05) is 38.1 Å². The van der Waals surface area contributed by atoms with E-state index in [1.54, 1.807) is 13.2 Å². The molecule has 1 N–H and O–H groups in total. The van der Waals surface area contributed by atoms with Crippen LogP contribution in [0.25, 0.3) is 11.3 Å². The van der Waals surface area contributed by atoms with E-state index in [0.29, 0.717) is 12.4 Å². The largest absolute Gasteiger partial charge is 0.439 e. The minimum Gasteiger partial charge on any atom is -0.439 e. The van der Waals surface area contributed by atoms with Gasteiger partial charge in [-0.25, -0.2) is 9.97 Å². The molecule has 3 heterocycles. The molecule has 30 heavy (non-hydrogen) atoms. The molecule has 1 aromatic carbocycles. The standard InChI is InChI=1S/C21H27N7OS/c1-4-18-25-21(30-26-18)28-11-9-27(10-12-28)20(22-3)24-14-19-23-13-17(29-19)16-7-5-15(2)6-8-16/h5-8,13H,4,9-12,14H2,1-3H3,(H,22,24). The highest BCUT2D eigenvalue weighted by atomic mass is 32.1. The first-order valence-corrected chi connectivity index (χ1v) is 11.0. The van der Waals surface area contributed by atoms with Gasteiger partial charge in [-0.1, -0.05) is 36.8 Å². The fourth-order valence-corrected chi connectivity index (χ4v) is 4.16. The SMILES string of the molecule is CCc1nsc(N2CCN(C(=NC)NCc3ncc(-c4ccc(C)cc4)o3)CC2)n1. The third kappa shape index (κ3) is 4.62. The summed E-state index contributed by atoms with van der Waals surface area (Å²) in [6.45, 7) is 8.19. The van der Waals surface area contributed by atoms with E-state index in [1.807, 2.05) is 12.1 Å². The fraction of sp³-hybridized carbons (Fsp3) is 0.429. The normalized spacial score (nSPS) is 15.0. The van der Waals surface area contributed by atoms with Crippen molar-refractivity contribution in [2.24, 2.45) is 4.99 Å². The van der Waals surface area contributed by atoms with Gasteiger partial charge in [-0.15, -0.1) is 0 Å². The summed E-state index contributed by atoms with van der Waals surface area (Å²) in [6.07, 6.45) is 2.65. The monoisotopic (exact) mass is 425 g/mol. The Balaban J connectivity index is 1.31. The second-order valence-electron chi connectivity index (χ2n) is 7.21. The van der Waals surface area contributed by atoms with Gasteiger partial charge in [-0.05, 0) is 6.92 Å². The minimum absolute atomic E-state index is 0.495. The van der Waals surface area contributed by atoms with E-state index >= 15 is 0 Å². The van der Waals surface area contributed by atoms with Gasteiger partial charge in [0, 0.05) is 56.7 Å². The first kappa shape index (κ1) is 20.3. The van der Waals surface area contributed by atoms with Gasteiger partial charge in [0.1, 0.15) is 5.82 Å². The summed E-state index contributed by atoms with van der Waals surface area (Å²) in [5, 5.41) is 4.38. The second-order valence-corrected chi connectivity index (χ2v) is 7.94. The summed E-state index contributed by atoms with van der Waals surface area (Å²) in [7, 11) is 1.81. The quantitative estimate of drug-likeness (QED) is 0.497. The Morgan fingerprint density at radius 3 is 2.63 bits per heavy atom. The number of aromatic nitrogens is 3. The number of benzene rings is 1. The van der Waals surface area contributed by atoms with E-state index in [1.165, 1.54) is 17.1 Å². The summed E-state index contributed by atoms with van der Waals surface area (Å²) >= 11 is 1.48. The average Bonchev–Trinajstić information content (AvgIpc) is 3.45. The predicted molar refractivity (Wildman–Crippen MR) is 120 cm³/mol. The molecule has 1 fully saturated rings. The highest BCUT2D eigenvalue weighted by molar-refractivity contribution is 7.09. The van der Waals surface area contributed by atoms with Crippen LogP contribution in [0.5, 0.6) is 0 Å². The molecule has 0 aliphatic carbocycles. The number of guanidine groups is 1. The summed E-state index contributed by atoms with van der Waals surface area (Å²) in [6, 6.07) is 8.24. The second kappa shape index (κ2) is 9.25. The molecule has 1 saturated heterocycles. The number of aryl methyl sites for hydroxylation is 2. The average molecular weight is 426 g/mol. The molecule has 8 nitrogen and oxygen atoms in total. The molecule has 0 unspecified atom stereocenters. The van der Waals surface area contributed by atoms with Gasteiger partial charge in [-0.2, -0.15) is 4.37 Å². The topological polar surface area (TPSA) is 82.7 Å². The van der Waals surface area contributed by atoms with E-state index in [-0.39, 0.29) is 0 Å². The Labute approximate surface area is 180 Å². The van der Waals surface area contributed by atoms with Crippen molar-refractivity contribution in [3.8, 4) is 11.3 Å². The third-order valence-corrected chi connectivity index (χ3v) is 5.94. The Morgan fingerprint density at radius 1 is 1.20 bits per heavy atom. The van der Waals surface area contributed by atoms with Gasteiger partial charge >= 0.3 is 0 Å². The van der Waals surface area contributed by atoms with E-state index in [4.69, 9.17) is 4.42 Å². The van der Waals surface area contributed by atoms with Crippen LogP contribution in [0.4, 0.5) is 5.13 Å². The number of aliphatic imine (C=N–C) groups is 1. The zero-order chi connectivity index (χ0) is 20.9. The van der Waals surface area contributed by atoms with Crippen molar-refractivity contribution < 1.29 is 4.42 Å². The number of oxazole rings is 1. The number of anilines is 1. The molecule has 0 amide bonds. The van der Waals surface area contributed by atoms with Crippen LogP contribution < -0.4 is 10.2 Å². The maximum Gasteiger partial charge on any atom is 0.214 e. The zero-order valence-electron chi connectivity index (χ0n) is 17.6. The molecule has 0 saturated carbocycles. The van der Waals surface area contributed by atoms with Gasteiger partial charge < -0.3 is 19.5 Å². The van der Waals surface area contributed by atoms with Crippen LogP contribution in [0.3, 0.4) is 0 Å². The number of hydrogen-bond donors (Lipinski definition) is 1. The van der Waals surface area contributed by atoms with Gasteiger partial charge in [-0.3, -0.25) is 4.99 Å². The van der Waals surface area contributed by atoms with Gasteiger partial charge in [0.15, 0.2) is 11.7 Å². The zero-order valence-corrected chi connectivity index (χ0v) is 18.4. The maximum atomic E-state index is 5.91. The molecule has 0 radical (unpaired) electrons. The molecule has 4 rings (SSSR count). The molecule has 2 aromatic heterocycles. The van der Waals surface area contributed by atoms with Crippen molar-refractivity contribution in [1.82, 2.24) is 24.6 Å². The van der Waals surface area contributed by atoms with Crippen LogP contribution in [-0.2, 0) is 13.0 Å². The number of hydrogen-bond acceptors (Lipinski definition) is 7. The van der Waals surface area contributed by atoms with Crippen molar-refractivity contribution in [2.45, 2.75) is 26.8 Å². The lowest BCUT2D eigenvalue weighted by molar-refractivity contribution is 0.369. The number of piperazine rings is 1. The van der Waals surface area contributed by atoms with Crippen LogP contribution >= 0.6 is 11.5 Å². The van der Waals surface area contributed by atoms with E-state index in [2.05, 4.69) is 60.4 Å². The van der Waals surface area contributed by atoms with Crippen molar-refractivity contribution in [1.29, 1.82) is 0 Å². The molecule has 0 atom stereocenters. The lowest BCUT2D eigenvalue weighted by atomic mass is 10.1. The minimum atomic E-state index is 0.495. The summed E-state index contributed by atoms with van der Waals surface area (Å²) < 4.78 is 10.3. The van der Waals surface area contributed by atoms with Gasteiger partial charge in [0.25, 0.3) is 0 Å². The van der Waals surface area contributed by atoms with Gasteiger partial charge in [0.2, 0.25) is 11.0 Å². The molecule has 0 bridgehead atoms. The van der Waals surface area contributed by atoms with E-state index in [9.17, 15) is 0 Å². The van der Waals surface area contributed by atoms with Crippen LogP contribution in [0.15, 0.2) is 39.9 Å². The summed E-state index contributed by atoms with van der Waals surface area (Å²) in [5.41, 5.74) is 2.25. The lowest BCUT2D eigenvalue weighted by Gasteiger charge is -2.36. The molecule has 158 valence electrons. The highest BCUT2D eigenvalue weighted by Gasteiger charge is 2.22. The smallest absolute Gasteiger partial charge is 0.214 e. The van der Waals surface area contributed by atoms with Gasteiger partial charge in [0.05, 0.1) is 12.7 Å². The molecule has 1 aliphatic rings. The fourth-order valence-electron chi connectivity index (χ4n) is 3.36. The van der Waals surface area contributed by atoms with Crippen molar-refractivity contribution in [3.63, 3.8) is 0 Å². The number of rotatable bonds is 5. The van der Waals surface area contributed by atoms with Crippen molar-refractivity contribution >= 4 is 22.6 Å². The van der Waals surface area contributed by atoms with Crippen LogP contribution in [0.1, 0.15) is 24.2 Å².